The number of hydrogen-bond acceptors (Lipinski definition) is 4. The fourth-order valence-corrected chi connectivity index (χ4v) is 4.92. The molecular formula is C32H39N3O3. The molecule has 0 radical (unpaired) electrons. The van der Waals surface area contributed by atoms with E-state index < -0.39 is 0 Å². The van der Waals surface area contributed by atoms with Crippen LogP contribution in [0, 0.1) is 12.8 Å². The Kier molecular flexibility index (Phi) is 9.93. The highest BCUT2D eigenvalue weighted by Gasteiger charge is 2.24. The predicted octanol–water partition coefficient (Wildman–Crippen LogP) is 5.86. The standard InChI is InChI=1S/C32H39N3O3/c1-3-38-21-7-18-33-32(37)29-23-28(34-31(36)27-12-10-24(2)11-13-27)14-15-30(29)35-19-16-26(17-20-35)22-25-8-5-4-6-9-25/h4-6,8-15,23,26H,3,7,16-22H2,1-2H3,(H,33,37)(H,34,36). The second-order valence-corrected chi connectivity index (χ2v) is 9.98. The van der Waals surface area contributed by atoms with Crippen LogP contribution in [0.25, 0.3) is 0 Å². The third-order valence-electron chi connectivity index (χ3n) is 7.09. The molecular weight excluding hydrogens is 474 g/mol. The van der Waals surface area contributed by atoms with Crippen molar-refractivity contribution < 1.29 is 14.3 Å². The summed E-state index contributed by atoms with van der Waals surface area (Å²) in [4.78, 5) is 28.4. The summed E-state index contributed by atoms with van der Waals surface area (Å²) in [6.45, 7) is 7.58. The van der Waals surface area contributed by atoms with Gasteiger partial charge in [0.1, 0.15) is 0 Å². The molecule has 0 bridgehead atoms. The molecule has 1 aliphatic rings. The third kappa shape index (κ3) is 7.68. The largest absolute Gasteiger partial charge is 0.382 e. The van der Waals surface area contributed by atoms with Gasteiger partial charge in [-0.25, -0.2) is 0 Å². The van der Waals surface area contributed by atoms with Gasteiger partial charge in [0.2, 0.25) is 0 Å². The van der Waals surface area contributed by atoms with Gasteiger partial charge in [-0.3, -0.25) is 9.59 Å². The molecule has 0 spiro atoms. The summed E-state index contributed by atoms with van der Waals surface area (Å²) >= 11 is 0. The highest BCUT2D eigenvalue weighted by molar-refractivity contribution is 6.06. The molecule has 3 aromatic rings. The van der Waals surface area contributed by atoms with Gasteiger partial charge in [0.15, 0.2) is 0 Å². The van der Waals surface area contributed by atoms with Crippen LogP contribution in [0.15, 0.2) is 72.8 Å². The number of amides is 2. The Morgan fingerprint density at radius 3 is 2.39 bits per heavy atom. The molecule has 0 aliphatic carbocycles. The van der Waals surface area contributed by atoms with E-state index in [1.54, 1.807) is 6.07 Å². The fourth-order valence-electron chi connectivity index (χ4n) is 4.92. The Labute approximate surface area is 226 Å². The molecule has 2 amide bonds. The minimum Gasteiger partial charge on any atom is -0.382 e. The zero-order chi connectivity index (χ0) is 26.7. The lowest BCUT2D eigenvalue weighted by atomic mass is 9.89. The number of piperidine rings is 1. The van der Waals surface area contributed by atoms with Gasteiger partial charge in [0.05, 0.1) is 5.56 Å². The van der Waals surface area contributed by atoms with Gasteiger partial charge < -0.3 is 20.3 Å². The topological polar surface area (TPSA) is 70.7 Å². The van der Waals surface area contributed by atoms with Crippen LogP contribution in [0.5, 0.6) is 0 Å². The quantitative estimate of drug-likeness (QED) is 0.315. The molecule has 3 aromatic carbocycles. The molecule has 6 nitrogen and oxygen atoms in total. The molecule has 6 heteroatoms. The maximum absolute atomic E-state index is 13.3. The van der Waals surface area contributed by atoms with Crippen molar-refractivity contribution in [2.24, 2.45) is 5.92 Å². The lowest BCUT2D eigenvalue weighted by molar-refractivity contribution is 0.0943. The minimum absolute atomic E-state index is 0.130. The van der Waals surface area contributed by atoms with Crippen LogP contribution in [0.1, 0.15) is 58.0 Å². The van der Waals surface area contributed by atoms with Gasteiger partial charge in [0.25, 0.3) is 11.8 Å². The lowest BCUT2D eigenvalue weighted by Crippen LogP contribution is -2.36. The maximum Gasteiger partial charge on any atom is 0.255 e. The van der Waals surface area contributed by atoms with Gasteiger partial charge in [0, 0.05) is 49.8 Å². The van der Waals surface area contributed by atoms with Crippen molar-refractivity contribution in [2.45, 2.75) is 39.5 Å². The van der Waals surface area contributed by atoms with Crippen molar-refractivity contribution in [3.8, 4) is 0 Å². The number of hydrogen-bond donors (Lipinski definition) is 2. The smallest absolute Gasteiger partial charge is 0.255 e. The van der Waals surface area contributed by atoms with Crippen LogP contribution in [-0.4, -0.2) is 44.7 Å². The first-order chi connectivity index (χ1) is 18.5. The van der Waals surface area contributed by atoms with Crippen molar-refractivity contribution in [1.29, 1.82) is 0 Å². The van der Waals surface area contributed by atoms with E-state index in [4.69, 9.17) is 4.74 Å². The number of nitrogens with one attached hydrogen (secondary N) is 2. The molecule has 0 aromatic heterocycles. The van der Waals surface area contributed by atoms with E-state index in [1.165, 1.54) is 5.56 Å². The molecule has 1 saturated heterocycles. The highest BCUT2D eigenvalue weighted by atomic mass is 16.5. The van der Waals surface area contributed by atoms with Crippen LogP contribution in [-0.2, 0) is 11.2 Å². The monoisotopic (exact) mass is 513 g/mol. The minimum atomic E-state index is -0.192. The van der Waals surface area contributed by atoms with Gasteiger partial charge >= 0.3 is 0 Å². The molecule has 200 valence electrons. The van der Waals surface area contributed by atoms with E-state index in [0.717, 1.165) is 50.0 Å². The first-order valence-corrected chi connectivity index (χ1v) is 13.7. The number of anilines is 2. The highest BCUT2D eigenvalue weighted by Crippen LogP contribution is 2.30. The average molecular weight is 514 g/mol. The van der Waals surface area contributed by atoms with E-state index in [9.17, 15) is 9.59 Å². The van der Waals surface area contributed by atoms with Gasteiger partial charge in [-0.2, -0.15) is 0 Å². The summed E-state index contributed by atoms with van der Waals surface area (Å²) in [6, 6.07) is 23.8. The number of aryl methyl sites for hydroxylation is 1. The van der Waals surface area contributed by atoms with Crippen molar-refractivity contribution in [3.05, 3.63) is 95.1 Å². The van der Waals surface area contributed by atoms with E-state index in [2.05, 4.69) is 45.9 Å². The zero-order valence-electron chi connectivity index (χ0n) is 22.5. The first-order valence-electron chi connectivity index (χ1n) is 13.7. The van der Waals surface area contributed by atoms with Gasteiger partial charge in [-0.15, -0.1) is 0 Å². The van der Waals surface area contributed by atoms with Crippen LogP contribution >= 0.6 is 0 Å². The average Bonchev–Trinajstić information content (AvgIpc) is 2.94. The van der Waals surface area contributed by atoms with Crippen LogP contribution < -0.4 is 15.5 Å². The molecule has 1 fully saturated rings. The maximum atomic E-state index is 13.3. The second kappa shape index (κ2) is 13.8. The predicted molar refractivity (Wildman–Crippen MR) is 154 cm³/mol. The van der Waals surface area contributed by atoms with E-state index in [1.807, 2.05) is 50.2 Å². The molecule has 0 saturated carbocycles. The van der Waals surface area contributed by atoms with Gasteiger partial charge in [-0.1, -0.05) is 48.0 Å². The van der Waals surface area contributed by atoms with E-state index in [0.29, 0.717) is 42.5 Å². The van der Waals surface area contributed by atoms with E-state index >= 15 is 0 Å². The summed E-state index contributed by atoms with van der Waals surface area (Å²) < 4.78 is 5.40. The van der Waals surface area contributed by atoms with Crippen LogP contribution in [0.2, 0.25) is 0 Å². The number of carbonyl (C=O) groups is 2. The third-order valence-corrected chi connectivity index (χ3v) is 7.09. The first kappa shape index (κ1) is 27.4. The van der Waals surface area contributed by atoms with Crippen molar-refractivity contribution in [2.75, 3.05) is 43.1 Å². The second-order valence-electron chi connectivity index (χ2n) is 9.98. The van der Waals surface area contributed by atoms with E-state index in [-0.39, 0.29) is 11.8 Å². The Balaban J connectivity index is 1.46. The summed E-state index contributed by atoms with van der Waals surface area (Å²) in [5.74, 6) is 0.314. The molecule has 4 rings (SSSR count). The van der Waals surface area contributed by atoms with Crippen LogP contribution in [0.4, 0.5) is 11.4 Å². The van der Waals surface area contributed by atoms with Gasteiger partial charge in [-0.05, 0) is 81.3 Å². The SMILES string of the molecule is CCOCCCNC(=O)c1cc(NC(=O)c2ccc(C)cc2)ccc1N1CCC(Cc2ccccc2)CC1. The molecule has 1 aliphatic heterocycles. The number of carbonyl (C=O) groups excluding carboxylic acids is 2. The van der Waals surface area contributed by atoms with Crippen molar-refractivity contribution in [1.82, 2.24) is 5.32 Å². The Morgan fingerprint density at radius 2 is 1.68 bits per heavy atom. The number of benzene rings is 3. The summed E-state index contributed by atoms with van der Waals surface area (Å²) in [6.07, 6.45) is 4.00. The Hall–Kier alpha value is -3.64. The summed E-state index contributed by atoms with van der Waals surface area (Å²) in [5.41, 5.74) is 5.18. The normalized spacial score (nSPS) is 13.8. The molecule has 0 unspecified atom stereocenters. The number of ether oxygens (including phenoxy) is 1. The molecule has 2 N–H and O–H groups in total. The summed E-state index contributed by atoms with van der Waals surface area (Å²) in [5, 5.41) is 6.00. The summed E-state index contributed by atoms with van der Waals surface area (Å²) in [7, 11) is 0. The number of rotatable bonds is 11. The zero-order valence-corrected chi connectivity index (χ0v) is 22.5. The van der Waals surface area contributed by atoms with Crippen molar-refractivity contribution in [3.63, 3.8) is 0 Å². The molecule has 38 heavy (non-hydrogen) atoms. The molecule has 0 atom stereocenters. The Bertz CT molecular complexity index is 1190. The van der Waals surface area contributed by atoms with Crippen molar-refractivity contribution >= 4 is 23.2 Å². The molecule has 1 heterocycles. The van der Waals surface area contributed by atoms with Crippen LogP contribution in [0.3, 0.4) is 0 Å². The number of nitrogens with zero attached hydrogens (tertiary/aromatic N) is 1. The fraction of sp³-hybridized carbons (Fsp3) is 0.375. The Morgan fingerprint density at radius 1 is 0.947 bits per heavy atom. The lowest BCUT2D eigenvalue weighted by Gasteiger charge is -2.35.